The molecule has 0 spiro atoms. The average molecular weight is 342 g/mol. The minimum atomic E-state index is -1.09. The minimum absolute atomic E-state index is 0.0307. The van der Waals surface area contributed by atoms with Crippen LogP contribution in [0.5, 0.6) is 5.75 Å². The monoisotopic (exact) mass is 341 g/mol. The number of halogens is 1. The van der Waals surface area contributed by atoms with Gasteiger partial charge >= 0.3 is 5.97 Å². The van der Waals surface area contributed by atoms with Crippen molar-refractivity contribution in [3.05, 3.63) is 32.6 Å². The van der Waals surface area contributed by atoms with Crippen molar-refractivity contribution in [2.24, 2.45) is 0 Å². The van der Waals surface area contributed by atoms with Crippen LogP contribution in [0.15, 0.2) is 22.7 Å². The summed E-state index contributed by atoms with van der Waals surface area (Å²) in [5.41, 5.74) is 1.16. The maximum absolute atomic E-state index is 11.0. The number of carbonyl (C=O) groups is 1. The molecule has 1 aliphatic rings. The van der Waals surface area contributed by atoms with Gasteiger partial charge in [0.2, 0.25) is 5.01 Å². The number of fused-ring (bicyclic) bond motifs is 3. The lowest BCUT2D eigenvalue weighted by Gasteiger charge is -2.08. The van der Waals surface area contributed by atoms with Gasteiger partial charge in [-0.1, -0.05) is 15.9 Å². The molecule has 2 N–H and O–H groups in total. The molecular formula is C12H8BrNO4S. The van der Waals surface area contributed by atoms with Crippen molar-refractivity contribution in [1.29, 1.82) is 0 Å². The minimum Gasteiger partial charge on any atom is -0.490 e. The molecule has 0 bridgehead atoms. The topological polar surface area (TPSA) is 79.7 Å². The van der Waals surface area contributed by atoms with E-state index in [4.69, 9.17) is 9.84 Å². The Balaban J connectivity index is 2.25. The van der Waals surface area contributed by atoms with E-state index in [1.54, 1.807) is 12.1 Å². The number of aliphatic hydroxyl groups is 1. The maximum Gasteiger partial charge on any atom is 0.365 e. The van der Waals surface area contributed by atoms with Gasteiger partial charge in [-0.3, -0.25) is 0 Å². The largest absolute Gasteiger partial charge is 0.490 e. The van der Waals surface area contributed by atoms with Gasteiger partial charge in [0.15, 0.2) is 0 Å². The zero-order valence-corrected chi connectivity index (χ0v) is 11.9. The van der Waals surface area contributed by atoms with Crippen molar-refractivity contribution in [2.45, 2.75) is 6.10 Å². The Bertz CT molecular complexity index is 670. The lowest BCUT2D eigenvalue weighted by Crippen LogP contribution is -2.06. The van der Waals surface area contributed by atoms with Gasteiger partial charge < -0.3 is 14.9 Å². The van der Waals surface area contributed by atoms with Crippen LogP contribution in [-0.2, 0) is 0 Å². The number of aromatic carboxylic acids is 1. The van der Waals surface area contributed by atoms with Crippen LogP contribution in [0.2, 0.25) is 0 Å². The molecule has 0 fully saturated rings. The summed E-state index contributed by atoms with van der Waals surface area (Å²) in [4.78, 5) is 15.6. The van der Waals surface area contributed by atoms with Crippen LogP contribution in [0, 0.1) is 0 Å². The van der Waals surface area contributed by atoms with E-state index >= 15 is 0 Å². The molecule has 0 radical (unpaired) electrons. The molecule has 7 heteroatoms. The Morgan fingerprint density at radius 3 is 3.05 bits per heavy atom. The van der Waals surface area contributed by atoms with E-state index in [0.717, 1.165) is 15.8 Å². The third-order valence-electron chi connectivity index (χ3n) is 2.73. The van der Waals surface area contributed by atoms with Gasteiger partial charge in [-0.2, -0.15) is 0 Å². The second-order valence-corrected chi connectivity index (χ2v) is 5.95. The van der Waals surface area contributed by atoms with Gasteiger partial charge in [-0.05, 0) is 18.2 Å². The van der Waals surface area contributed by atoms with Crippen molar-refractivity contribution in [3.8, 4) is 17.0 Å². The van der Waals surface area contributed by atoms with E-state index < -0.39 is 12.1 Å². The van der Waals surface area contributed by atoms with Crippen LogP contribution in [0.25, 0.3) is 11.3 Å². The van der Waals surface area contributed by atoms with E-state index in [9.17, 15) is 9.90 Å². The number of hydrogen-bond acceptors (Lipinski definition) is 5. The van der Waals surface area contributed by atoms with Gasteiger partial charge in [0.1, 0.15) is 18.5 Å². The molecule has 0 saturated heterocycles. The summed E-state index contributed by atoms with van der Waals surface area (Å²) in [6, 6.07) is 5.39. The van der Waals surface area contributed by atoms with Crippen LogP contribution in [0.3, 0.4) is 0 Å². The number of carboxylic acid groups (broad SMARTS) is 1. The third kappa shape index (κ3) is 2.13. The van der Waals surface area contributed by atoms with E-state index in [2.05, 4.69) is 20.9 Å². The number of aliphatic hydroxyl groups excluding tert-OH is 1. The molecule has 5 nitrogen and oxygen atoms in total. The molecule has 1 atom stereocenters. The molecular weight excluding hydrogens is 334 g/mol. The van der Waals surface area contributed by atoms with E-state index in [1.165, 1.54) is 0 Å². The molecule has 2 aromatic rings. The standard InChI is InChI=1S/C12H8BrNO4S/c13-5-1-2-8-6(3-5)9-10(7(15)4-18-8)19-11(14-9)12(16)17/h1-3,7,15H,4H2,(H,16,17). The Kier molecular flexibility index (Phi) is 3.04. The summed E-state index contributed by atoms with van der Waals surface area (Å²) >= 11 is 4.34. The number of nitrogens with zero attached hydrogens (tertiary/aromatic N) is 1. The van der Waals surface area contributed by atoms with Crippen LogP contribution >= 0.6 is 27.3 Å². The third-order valence-corrected chi connectivity index (χ3v) is 4.37. The first-order valence-electron chi connectivity index (χ1n) is 5.41. The van der Waals surface area contributed by atoms with Gasteiger partial charge in [0, 0.05) is 10.0 Å². The molecule has 1 unspecified atom stereocenters. The van der Waals surface area contributed by atoms with Gasteiger partial charge in [-0.15, -0.1) is 11.3 Å². The molecule has 98 valence electrons. The number of thiazole rings is 1. The van der Waals surface area contributed by atoms with Crippen LogP contribution in [0.4, 0.5) is 0 Å². The van der Waals surface area contributed by atoms with Crippen LogP contribution < -0.4 is 4.74 Å². The smallest absolute Gasteiger partial charge is 0.365 e. The lowest BCUT2D eigenvalue weighted by molar-refractivity contribution is 0.0696. The predicted molar refractivity (Wildman–Crippen MR) is 72.7 cm³/mol. The predicted octanol–water partition coefficient (Wildman–Crippen LogP) is 2.70. The maximum atomic E-state index is 11.0. The highest BCUT2D eigenvalue weighted by Crippen LogP contribution is 2.41. The second kappa shape index (κ2) is 4.59. The molecule has 0 aliphatic carbocycles. The number of hydrogen-bond donors (Lipinski definition) is 2. The molecule has 0 amide bonds. The molecule has 1 aliphatic heterocycles. The normalized spacial score (nSPS) is 17.1. The number of benzene rings is 1. The second-order valence-electron chi connectivity index (χ2n) is 4.00. The number of carboxylic acids is 1. The van der Waals surface area contributed by atoms with Gasteiger partial charge in [-0.25, -0.2) is 9.78 Å². The first kappa shape index (κ1) is 12.6. The highest BCUT2D eigenvalue weighted by atomic mass is 79.9. The van der Waals surface area contributed by atoms with E-state index in [-0.39, 0.29) is 11.6 Å². The van der Waals surface area contributed by atoms with E-state index in [1.807, 2.05) is 6.07 Å². The lowest BCUT2D eigenvalue weighted by atomic mass is 10.1. The summed E-state index contributed by atoms with van der Waals surface area (Å²) in [6.45, 7) is 0.0862. The van der Waals surface area contributed by atoms with Crippen LogP contribution in [0.1, 0.15) is 20.8 Å². The Morgan fingerprint density at radius 2 is 2.32 bits per heavy atom. The van der Waals surface area contributed by atoms with Crippen molar-refractivity contribution in [3.63, 3.8) is 0 Å². The molecule has 19 heavy (non-hydrogen) atoms. The summed E-state index contributed by atoms with van der Waals surface area (Å²) in [5, 5.41) is 19.0. The van der Waals surface area contributed by atoms with Crippen molar-refractivity contribution in [2.75, 3.05) is 6.61 Å². The Labute approximate surface area is 120 Å². The SMILES string of the molecule is O=C(O)c1nc2c(s1)C(O)COc1ccc(Br)cc1-2. The fourth-order valence-corrected chi connectivity index (χ4v) is 3.15. The molecule has 2 heterocycles. The summed E-state index contributed by atoms with van der Waals surface area (Å²) in [5.74, 6) is -0.508. The zero-order valence-electron chi connectivity index (χ0n) is 9.46. The molecule has 0 saturated carbocycles. The quantitative estimate of drug-likeness (QED) is 0.833. The first-order valence-corrected chi connectivity index (χ1v) is 7.02. The fourth-order valence-electron chi connectivity index (χ4n) is 1.90. The fraction of sp³-hybridized carbons (Fsp3) is 0.167. The van der Waals surface area contributed by atoms with Crippen LogP contribution in [-0.4, -0.2) is 27.8 Å². The van der Waals surface area contributed by atoms with Crippen molar-refractivity contribution < 1.29 is 19.7 Å². The zero-order chi connectivity index (χ0) is 13.6. The van der Waals surface area contributed by atoms with Gasteiger partial charge in [0.05, 0.1) is 10.6 Å². The molecule has 1 aromatic heterocycles. The number of rotatable bonds is 1. The number of aromatic nitrogens is 1. The van der Waals surface area contributed by atoms with Crippen molar-refractivity contribution in [1.82, 2.24) is 4.98 Å². The highest BCUT2D eigenvalue weighted by Gasteiger charge is 2.27. The first-order chi connectivity index (χ1) is 9.06. The summed E-state index contributed by atoms with van der Waals surface area (Å²) in [6.07, 6.45) is -0.869. The number of ether oxygens (including phenoxy) is 1. The molecule has 3 rings (SSSR count). The Morgan fingerprint density at radius 1 is 1.53 bits per heavy atom. The molecule has 1 aromatic carbocycles. The Hall–Kier alpha value is -1.44. The summed E-state index contributed by atoms with van der Waals surface area (Å²) in [7, 11) is 0. The summed E-state index contributed by atoms with van der Waals surface area (Å²) < 4.78 is 6.34. The van der Waals surface area contributed by atoms with E-state index in [0.29, 0.717) is 21.9 Å². The highest BCUT2D eigenvalue weighted by molar-refractivity contribution is 9.10. The average Bonchev–Trinajstić information content (AvgIpc) is 2.77. The van der Waals surface area contributed by atoms with Gasteiger partial charge in [0.25, 0.3) is 0 Å². The van der Waals surface area contributed by atoms with Crippen molar-refractivity contribution >= 4 is 33.2 Å².